The molecule has 3 aromatic carbocycles. The van der Waals surface area contributed by atoms with E-state index in [1.807, 2.05) is 65.1 Å². The summed E-state index contributed by atoms with van der Waals surface area (Å²) in [5.41, 5.74) is 2.16. The van der Waals surface area contributed by atoms with Crippen LogP contribution in [0, 0.1) is 6.92 Å². The third kappa shape index (κ3) is 8.76. The van der Waals surface area contributed by atoms with Crippen molar-refractivity contribution in [1.29, 1.82) is 0 Å². The Morgan fingerprint density at radius 1 is 0.930 bits per heavy atom. The molecular weight excluding hydrogens is 583 g/mol. The highest BCUT2D eigenvalue weighted by atomic mass is 32.2. The van der Waals surface area contributed by atoms with Crippen LogP contribution in [0.5, 0.6) is 5.75 Å². The number of benzene rings is 3. The summed E-state index contributed by atoms with van der Waals surface area (Å²) >= 11 is 1.51. The maximum atomic E-state index is 14.3. The highest BCUT2D eigenvalue weighted by Crippen LogP contribution is 2.33. The minimum absolute atomic E-state index is 0.0519. The van der Waals surface area contributed by atoms with Gasteiger partial charge in [0.1, 0.15) is 18.3 Å². The molecule has 8 nitrogen and oxygen atoms in total. The first-order valence-corrected chi connectivity index (χ1v) is 17.3. The monoisotopic (exact) mass is 625 g/mol. The van der Waals surface area contributed by atoms with Gasteiger partial charge in [-0.1, -0.05) is 55.8 Å². The van der Waals surface area contributed by atoms with Crippen molar-refractivity contribution >= 4 is 39.3 Å². The summed E-state index contributed by atoms with van der Waals surface area (Å²) in [6.07, 6.45) is 3.01. The van der Waals surface area contributed by atoms with Gasteiger partial charge < -0.3 is 15.0 Å². The number of rotatable bonds is 15. The zero-order valence-corrected chi connectivity index (χ0v) is 27.5. The molecule has 0 bridgehead atoms. The Labute approximate surface area is 260 Å². The minimum atomic E-state index is -4.21. The standard InChI is InChI=1S/C33H43N3O5S2/c1-7-25(5)34-33(38)29(8-2)35(22-26-16-14-24(4)15-17-26)32(37)23-36(30-12-10-11-13-31(30)41-9-3)43(39,40)28-20-18-27(42-6)19-21-28/h10-21,25,29H,7-9,22-23H2,1-6H3,(H,34,38)/t25-,29-/m1/s1. The van der Waals surface area contributed by atoms with Gasteiger partial charge in [-0.25, -0.2) is 8.42 Å². The van der Waals surface area contributed by atoms with Crippen molar-refractivity contribution in [3.8, 4) is 5.75 Å². The topological polar surface area (TPSA) is 96.0 Å². The molecule has 0 aromatic heterocycles. The van der Waals surface area contributed by atoms with Crippen LogP contribution in [0.2, 0.25) is 0 Å². The van der Waals surface area contributed by atoms with Crippen LogP contribution in [0.1, 0.15) is 51.7 Å². The van der Waals surface area contributed by atoms with E-state index in [2.05, 4.69) is 5.32 Å². The molecule has 0 saturated heterocycles. The number of nitrogens with one attached hydrogen (secondary N) is 1. The fourth-order valence-corrected chi connectivity index (χ4v) is 6.41. The van der Waals surface area contributed by atoms with E-state index in [0.29, 0.717) is 18.8 Å². The van der Waals surface area contributed by atoms with Gasteiger partial charge in [-0.15, -0.1) is 11.8 Å². The third-order valence-electron chi connectivity index (χ3n) is 7.22. The lowest BCUT2D eigenvalue weighted by Gasteiger charge is -2.34. The smallest absolute Gasteiger partial charge is 0.264 e. The SMILES string of the molecule is CCOc1ccccc1N(CC(=O)N(Cc1ccc(C)cc1)[C@H](CC)C(=O)N[C@H](C)CC)S(=O)(=O)c1ccc(SC)cc1. The molecule has 0 aliphatic heterocycles. The van der Waals surface area contributed by atoms with E-state index >= 15 is 0 Å². The molecule has 0 spiro atoms. The van der Waals surface area contributed by atoms with E-state index in [0.717, 1.165) is 26.7 Å². The summed E-state index contributed by atoms with van der Waals surface area (Å²) in [6.45, 7) is 9.48. The molecule has 0 unspecified atom stereocenters. The molecule has 10 heteroatoms. The van der Waals surface area contributed by atoms with Gasteiger partial charge in [0, 0.05) is 17.5 Å². The van der Waals surface area contributed by atoms with Gasteiger partial charge >= 0.3 is 0 Å². The molecule has 0 aliphatic carbocycles. The number of anilines is 1. The molecule has 0 aliphatic rings. The molecule has 3 rings (SSSR count). The van der Waals surface area contributed by atoms with Gasteiger partial charge in [-0.05, 0) is 81.8 Å². The molecule has 0 radical (unpaired) electrons. The van der Waals surface area contributed by atoms with Crippen LogP contribution in [0.15, 0.2) is 82.6 Å². The van der Waals surface area contributed by atoms with E-state index in [4.69, 9.17) is 4.74 Å². The molecule has 2 amide bonds. The predicted octanol–water partition coefficient (Wildman–Crippen LogP) is 6.03. The second kappa shape index (κ2) is 15.8. The lowest BCUT2D eigenvalue weighted by molar-refractivity contribution is -0.140. The fourth-order valence-electron chi connectivity index (χ4n) is 4.58. The van der Waals surface area contributed by atoms with Gasteiger partial charge in [0.05, 0.1) is 17.2 Å². The van der Waals surface area contributed by atoms with Crippen LogP contribution in [-0.2, 0) is 26.2 Å². The summed E-state index contributed by atoms with van der Waals surface area (Å²) < 4.78 is 35.3. The second-order valence-corrected chi connectivity index (χ2v) is 13.1. The summed E-state index contributed by atoms with van der Waals surface area (Å²) in [4.78, 5) is 30.2. The third-order valence-corrected chi connectivity index (χ3v) is 9.74. The summed E-state index contributed by atoms with van der Waals surface area (Å²) in [5, 5.41) is 3.00. The average Bonchev–Trinajstić information content (AvgIpc) is 3.01. The Hall–Kier alpha value is -3.50. The Bertz CT molecular complexity index is 1460. The molecule has 232 valence electrons. The number of para-hydroxylation sites is 2. The van der Waals surface area contributed by atoms with Crippen molar-refractivity contribution in [2.75, 3.05) is 23.7 Å². The number of hydrogen-bond acceptors (Lipinski definition) is 6. The maximum Gasteiger partial charge on any atom is 0.264 e. The van der Waals surface area contributed by atoms with Crippen molar-refractivity contribution in [3.63, 3.8) is 0 Å². The molecular formula is C33H43N3O5S2. The minimum Gasteiger partial charge on any atom is -0.492 e. The zero-order valence-electron chi connectivity index (χ0n) is 25.9. The van der Waals surface area contributed by atoms with Crippen LogP contribution in [0.25, 0.3) is 0 Å². The van der Waals surface area contributed by atoms with Crippen molar-refractivity contribution in [1.82, 2.24) is 10.2 Å². The van der Waals surface area contributed by atoms with Crippen molar-refractivity contribution in [2.45, 2.75) is 75.9 Å². The second-order valence-electron chi connectivity index (χ2n) is 10.3. The first-order chi connectivity index (χ1) is 20.5. The molecule has 0 heterocycles. The lowest BCUT2D eigenvalue weighted by Crippen LogP contribution is -2.53. The summed E-state index contributed by atoms with van der Waals surface area (Å²) in [7, 11) is -4.21. The van der Waals surface area contributed by atoms with Crippen LogP contribution in [0.4, 0.5) is 5.69 Å². The van der Waals surface area contributed by atoms with Crippen molar-refractivity contribution < 1.29 is 22.7 Å². The average molecular weight is 626 g/mol. The van der Waals surface area contributed by atoms with Gasteiger partial charge in [0.15, 0.2) is 0 Å². The number of carbonyl (C=O) groups is 2. The van der Waals surface area contributed by atoms with E-state index in [1.165, 1.54) is 16.7 Å². The number of thioether (sulfide) groups is 1. The van der Waals surface area contributed by atoms with E-state index in [9.17, 15) is 18.0 Å². The zero-order chi connectivity index (χ0) is 31.6. The Morgan fingerprint density at radius 3 is 2.16 bits per heavy atom. The Morgan fingerprint density at radius 2 is 1.58 bits per heavy atom. The van der Waals surface area contributed by atoms with Gasteiger partial charge in [-0.2, -0.15) is 0 Å². The van der Waals surface area contributed by atoms with E-state index < -0.39 is 28.5 Å². The maximum absolute atomic E-state index is 14.3. The Balaban J connectivity index is 2.11. The largest absolute Gasteiger partial charge is 0.492 e. The van der Waals surface area contributed by atoms with Crippen LogP contribution in [-0.4, -0.2) is 56.6 Å². The normalized spacial score (nSPS) is 12.7. The van der Waals surface area contributed by atoms with Crippen molar-refractivity contribution in [2.24, 2.45) is 0 Å². The van der Waals surface area contributed by atoms with Crippen molar-refractivity contribution in [3.05, 3.63) is 83.9 Å². The molecule has 0 fully saturated rings. The molecule has 0 saturated carbocycles. The lowest BCUT2D eigenvalue weighted by atomic mass is 10.1. The highest BCUT2D eigenvalue weighted by molar-refractivity contribution is 7.98. The quantitative estimate of drug-likeness (QED) is 0.207. The molecule has 2 atom stereocenters. The number of hydrogen-bond donors (Lipinski definition) is 1. The van der Waals surface area contributed by atoms with Crippen LogP contribution in [0.3, 0.4) is 0 Å². The predicted molar refractivity (Wildman–Crippen MR) is 174 cm³/mol. The number of carbonyl (C=O) groups excluding carboxylic acids is 2. The summed E-state index contributed by atoms with van der Waals surface area (Å²) in [6, 6.07) is 20.2. The number of sulfonamides is 1. The van der Waals surface area contributed by atoms with E-state index in [1.54, 1.807) is 48.5 Å². The summed E-state index contributed by atoms with van der Waals surface area (Å²) in [5.74, 6) is -0.426. The van der Waals surface area contributed by atoms with Gasteiger partial charge in [0.25, 0.3) is 10.0 Å². The number of nitrogens with zero attached hydrogens (tertiary/aromatic N) is 2. The van der Waals surface area contributed by atoms with E-state index in [-0.39, 0.29) is 29.1 Å². The Kier molecular flexibility index (Phi) is 12.5. The number of aryl methyl sites for hydroxylation is 1. The van der Waals surface area contributed by atoms with Crippen LogP contribution >= 0.6 is 11.8 Å². The molecule has 1 N–H and O–H groups in total. The number of ether oxygens (including phenoxy) is 1. The molecule has 43 heavy (non-hydrogen) atoms. The molecule has 3 aromatic rings. The fraction of sp³-hybridized carbons (Fsp3) is 0.394. The number of amides is 2. The first kappa shape index (κ1) is 34.0. The van der Waals surface area contributed by atoms with Gasteiger partial charge in [0.2, 0.25) is 11.8 Å². The van der Waals surface area contributed by atoms with Gasteiger partial charge in [-0.3, -0.25) is 13.9 Å². The highest BCUT2D eigenvalue weighted by Gasteiger charge is 2.35. The first-order valence-electron chi connectivity index (χ1n) is 14.6. The van der Waals surface area contributed by atoms with Crippen LogP contribution < -0.4 is 14.4 Å².